The van der Waals surface area contributed by atoms with Crippen LogP contribution in [-0.4, -0.2) is 33.5 Å². The van der Waals surface area contributed by atoms with Crippen molar-refractivity contribution in [2.24, 2.45) is 5.73 Å². The molecule has 1 aromatic heterocycles. The van der Waals surface area contributed by atoms with Crippen molar-refractivity contribution in [3.8, 4) is 0 Å². The lowest BCUT2D eigenvalue weighted by Crippen LogP contribution is -2.24. The molecule has 98 valence electrons. The number of rotatable bonds is 6. The zero-order valence-corrected chi connectivity index (χ0v) is 11.1. The molecular weight excluding hydrogens is 218 g/mol. The van der Waals surface area contributed by atoms with Gasteiger partial charge in [-0.25, -0.2) is 4.98 Å². The van der Waals surface area contributed by atoms with Gasteiger partial charge in [-0.05, 0) is 27.7 Å². The Morgan fingerprint density at radius 3 is 2.59 bits per heavy atom. The Morgan fingerprint density at radius 2 is 2.12 bits per heavy atom. The van der Waals surface area contributed by atoms with Gasteiger partial charge in [0.1, 0.15) is 5.82 Å². The lowest BCUT2D eigenvalue weighted by Gasteiger charge is -2.14. The summed E-state index contributed by atoms with van der Waals surface area (Å²) in [6.45, 7) is 8.51. The van der Waals surface area contributed by atoms with Gasteiger partial charge in [0.25, 0.3) is 0 Å². The molecule has 0 radical (unpaired) electrons. The summed E-state index contributed by atoms with van der Waals surface area (Å²) in [4.78, 5) is 4.34. The lowest BCUT2D eigenvalue weighted by molar-refractivity contribution is -0.000914. The molecule has 0 aliphatic rings. The molecule has 0 aliphatic heterocycles. The van der Waals surface area contributed by atoms with Gasteiger partial charge in [0.05, 0.1) is 31.1 Å². The number of aromatic nitrogens is 2. The normalized spacial score (nSPS) is 15.2. The van der Waals surface area contributed by atoms with E-state index < -0.39 is 6.10 Å². The van der Waals surface area contributed by atoms with Crippen molar-refractivity contribution in [2.45, 2.75) is 52.5 Å². The molecular formula is C12H23N3O2. The highest BCUT2D eigenvalue weighted by Crippen LogP contribution is 2.10. The van der Waals surface area contributed by atoms with Crippen LogP contribution in [0.2, 0.25) is 0 Å². The summed E-state index contributed by atoms with van der Waals surface area (Å²) in [5.41, 5.74) is 6.61. The van der Waals surface area contributed by atoms with Gasteiger partial charge in [0, 0.05) is 12.2 Å². The smallest absolute Gasteiger partial charge is 0.105 e. The number of aryl methyl sites for hydroxylation is 1. The summed E-state index contributed by atoms with van der Waals surface area (Å²) in [5.74, 6) is 0.862. The van der Waals surface area contributed by atoms with Gasteiger partial charge in [-0.3, -0.25) is 0 Å². The van der Waals surface area contributed by atoms with E-state index in [1.165, 1.54) is 0 Å². The number of nitrogens with two attached hydrogens (primary N) is 1. The highest BCUT2D eigenvalue weighted by Gasteiger charge is 2.12. The zero-order valence-electron chi connectivity index (χ0n) is 11.1. The topological polar surface area (TPSA) is 73.3 Å². The predicted octanol–water partition coefficient (Wildman–Crippen LogP) is 0.997. The Labute approximate surface area is 103 Å². The van der Waals surface area contributed by atoms with E-state index in [9.17, 15) is 5.11 Å². The predicted molar refractivity (Wildman–Crippen MR) is 66.7 cm³/mol. The van der Waals surface area contributed by atoms with E-state index in [1.807, 2.05) is 38.5 Å². The first-order chi connectivity index (χ1) is 7.90. The van der Waals surface area contributed by atoms with E-state index in [0.717, 1.165) is 11.5 Å². The molecule has 0 spiro atoms. The van der Waals surface area contributed by atoms with Gasteiger partial charge in [-0.15, -0.1) is 0 Å². The monoisotopic (exact) mass is 241 g/mol. The molecule has 0 aromatic carbocycles. The summed E-state index contributed by atoms with van der Waals surface area (Å²) >= 11 is 0. The number of aliphatic hydroxyl groups excluding tert-OH is 1. The molecule has 1 rings (SSSR count). The molecule has 1 heterocycles. The quantitative estimate of drug-likeness (QED) is 0.779. The van der Waals surface area contributed by atoms with Crippen LogP contribution in [0, 0.1) is 6.92 Å². The molecule has 17 heavy (non-hydrogen) atoms. The van der Waals surface area contributed by atoms with Crippen molar-refractivity contribution in [2.75, 3.05) is 6.61 Å². The van der Waals surface area contributed by atoms with Crippen LogP contribution in [0.15, 0.2) is 6.20 Å². The minimum Gasteiger partial charge on any atom is -0.389 e. The maximum absolute atomic E-state index is 9.82. The third-order valence-corrected chi connectivity index (χ3v) is 2.49. The fourth-order valence-electron chi connectivity index (χ4n) is 1.52. The molecule has 0 amide bonds. The number of nitrogens with zero attached hydrogens (tertiary/aromatic N) is 2. The van der Waals surface area contributed by atoms with Crippen molar-refractivity contribution >= 4 is 0 Å². The van der Waals surface area contributed by atoms with E-state index in [0.29, 0.717) is 13.2 Å². The van der Waals surface area contributed by atoms with Gasteiger partial charge < -0.3 is 20.1 Å². The number of hydrogen-bond donors (Lipinski definition) is 2. The largest absolute Gasteiger partial charge is 0.389 e. The first-order valence-electron chi connectivity index (χ1n) is 5.99. The average molecular weight is 241 g/mol. The van der Waals surface area contributed by atoms with Crippen LogP contribution in [0.5, 0.6) is 0 Å². The number of imidazole rings is 1. The van der Waals surface area contributed by atoms with E-state index in [1.54, 1.807) is 0 Å². The fourth-order valence-corrected chi connectivity index (χ4v) is 1.52. The molecule has 5 heteroatoms. The van der Waals surface area contributed by atoms with Gasteiger partial charge >= 0.3 is 0 Å². The van der Waals surface area contributed by atoms with Gasteiger partial charge in [-0.2, -0.15) is 0 Å². The van der Waals surface area contributed by atoms with Crippen molar-refractivity contribution in [1.82, 2.24) is 9.55 Å². The summed E-state index contributed by atoms with van der Waals surface area (Å²) in [7, 11) is 0. The van der Waals surface area contributed by atoms with Crippen LogP contribution in [0.1, 0.15) is 38.3 Å². The lowest BCUT2D eigenvalue weighted by atomic mass is 10.3. The second kappa shape index (κ2) is 6.14. The highest BCUT2D eigenvalue weighted by atomic mass is 16.5. The Hall–Kier alpha value is -0.910. The highest BCUT2D eigenvalue weighted by molar-refractivity contribution is 5.06. The molecule has 0 bridgehead atoms. The van der Waals surface area contributed by atoms with Crippen molar-refractivity contribution in [1.29, 1.82) is 0 Å². The second-order valence-electron chi connectivity index (χ2n) is 4.69. The third-order valence-electron chi connectivity index (χ3n) is 2.49. The summed E-state index contributed by atoms with van der Waals surface area (Å²) in [6, 6.07) is -0.0843. The molecule has 5 nitrogen and oxygen atoms in total. The molecule has 1 unspecified atom stereocenters. The van der Waals surface area contributed by atoms with Crippen molar-refractivity contribution in [3.63, 3.8) is 0 Å². The molecule has 0 saturated heterocycles. The van der Waals surface area contributed by atoms with Gasteiger partial charge in [0.15, 0.2) is 0 Å². The number of ether oxygens (including phenoxy) is 1. The van der Waals surface area contributed by atoms with Gasteiger partial charge in [0.2, 0.25) is 0 Å². The summed E-state index contributed by atoms with van der Waals surface area (Å²) in [5, 5.41) is 9.82. The molecule has 0 aliphatic carbocycles. The SMILES string of the molecule is Cc1nc([C@@H](C)N)cn1CC(O)COC(C)C. The first-order valence-corrected chi connectivity index (χ1v) is 5.99. The Kier molecular flexibility index (Phi) is 5.11. The number of aliphatic hydroxyl groups is 1. The number of hydrogen-bond acceptors (Lipinski definition) is 4. The molecule has 3 N–H and O–H groups in total. The van der Waals surface area contributed by atoms with Gasteiger partial charge in [-0.1, -0.05) is 0 Å². The van der Waals surface area contributed by atoms with Crippen LogP contribution < -0.4 is 5.73 Å². The summed E-state index contributed by atoms with van der Waals surface area (Å²) in [6.07, 6.45) is 1.50. The standard InChI is InChI=1S/C12H23N3O2/c1-8(2)17-7-11(16)5-15-6-12(9(3)13)14-10(15)4/h6,8-9,11,16H,5,7,13H2,1-4H3/t9-,11?/m1/s1. The third kappa shape index (κ3) is 4.46. The average Bonchev–Trinajstić information content (AvgIpc) is 2.58. The molecule has 0 fully saturated rings. The van der Waals surface area contributed by atoms with Crippen molar-refractivity contribution in [3.05, 3.63) is 17.7 Å². The van der Waals surface area contributed by atoms with Crippen LogP contribution >= 0.6 is 0 Å². The Balaban J connectivity index is 2.55. The summed E-state index contributed by atoms with van der Waals surface area (Å²) < 4.78 is 7.27. The Morgan fingerprint density at radius 1 is 1.47 bits per heavy atom. The van der Waals surface area contributed by atoms with E-state index >= 15 is 0 Å². The molecule has 2 atom stereocenters. The molecule has 1 aromatic rings. The maximum atomic E-state index is 9.82. The van der Waals surface area contributed by atoms with E-state index in [-0.39, 0.29) is 12.1 Å². The Bertz CT molecular complexity index is 348. The maximum Gasteiger partial charge on any atom is 0.105 e. The van der Waals surface area contributed by atoms with Crippen LogP contribution in [0.3, 0.4) is 0 Å². The minimum absolute atomic E-state index is 0.0843. The van der Waals surface area contributed by atoms with Crippen LogP contribution in [-0.2, 0) is 11.3 Å². The first kappa shape index (κ1) is 14.2. The van der Waals surface area contributed by atoms with E-state index in [2.05, 4.69) is 4.98 Å². The minimum atomic E-state index is -0.522. The zero-order chi connectivity index (χ0) is 13.0. The van der Waals surface area contributed by atoms with E-state index in [4.69, 9.17) is 10.5 Å². The fraction of sp³-hybridized carbons (Fsp3) is 0.750. The van der Waals surface area contributed by atoms with Crippen LogP contribution in [0.4, 0.5) is 0 Å². The molecule has 0 saturated carbocycles. The second-order valence-corrected chi connectivity index (χ2v) is 4.69. The van der Waals surface area contributed by atoms with Crippen LogP contribution in [0.25, 0.3) is 0 Å². The van der Waals surface area contributed by atoms with Crippen molar-refractivity contribution < 1.29 is 9.84 Å².